The van der Waals surface area contributed by atoms with Crippen LogP contribution in [-0.2, 0) is 14.3 Å². The van der Waals surface area contributed by atoms with E-state index >= 15 is 0 Å². The van der Waals surface area contributed by atoms with Gasteiger partial charge in [0, 0.05) is 19.2 Å². The monoisotopic (exact) mass is 271 g/mol. The van der Waals surface area contributed by atoms with E-state index in [2.05, 4.69) is 0 Å². The highest BCUT2D eigenvalue weighted by atomic mass is 16.5. The predicted molar refractivity (Wildman–Crippen MR) is 66.6 cm³/mol. The second-order valence-electron chi connectivity index (χ2n) is 5.22. The molecule has 1 aliphatic heterocycles. The first-order chi connectivity index (χ1) is 9.13. The Morgan fingerprint density at radius 3 is 2.32 bits per heavy atom. The number of carboxylic acids is 1. The van der Waals surface area contributed by atoms with Crippen LogP contribution >= 0.6 is 0 Å². The summed E-state index contributed by atoms with van der Waals surface area (Å²) in [6.07, 6.45) is 3.05. The number of carbonyl (C=O) groups excluding carboxylic acids is 1. The Morgan fingerprint density at radius 2 is 1.84 bits per heavy atom. The summed E-state index contributed by atoms with van der Waals surface area (Å²) < 4.78 is 5.31. The average Bonchev–Trinajstić information content (AvgIpc) is 2.80. The molecule has 2 N–H and O–H groups in total. The van der Waals surface area contributed by atoms with Crippen molar-refractivity contribution in [2.24, 2.45) is 0 Å². The Hall–Kier alpha value is -1.14. The molecule has 0 aromatic carbocycles. The number of carboxylic acid groups (broad SMARTS) is 1. The molecular weight excluding hydrogens is 250 g/mol. The number of amides is 1. The molecule has 2 unspecified atom stereocenters. The molecule has 2 atom stereocenters. The van der Waals surface area contributed by atoms with Crippen molar-refractivity contribution in [1.29, 1.82) is 0 Å². The zero-order chi connectivity index (χ0) is 13.8. The summed E-state index contributed by atoms with van der Waals surface area (Å²) in [7, 11) is 0. The molecule has 6 nitrogen and oxygen atoms in total. The topological polar surface area (TPSA) is 87.1 Å². The van der Waals surface area contributed by atoms with Crippen molar-refractivity contribution >= 4 is 11.9 Å². The van der Waals surface area contributed by atoms with Crippen LogP contribution in [0.4, 0.5) is 0 Å². The van der Waals surface area contributed by atoms with Crippen LogP contribution in [-0.4, -0.2) is 58.4 Å². The minimum Gasteiger partial charge on any atom is -0.479 e. The van der Waals surface area contributed by atoms with Gasteiger partial charge in [0.05, 0.1) is 0 Å². The Kier molecular flexibility index (Phi) is 4.76. The van der Waals surface area contributed by atoms with Crippen LogP contribution in [0.25, 0.3) is 0 Å². The van der Waals surface area contributed by atoms with Crippen molar-refractivity contribution < 1.29 is 24.5 Å². The summed E-state index contributed by atoms with van der Waals surface area (Å²) in [5.74, 6) is -1.11. The molecule has 0 aromatic heterocycles. The van der Waals surface area contributed by atoms with E-state index in [9.17, 15) is 9.59 Å². The quantitative estimate of drug-likeness (QED) is 0.729. The highest BCUT2D eigenvalue weighted by Gasteiger charge is 2.39. The Bertz CT molecular complexity index is 342. The van der Waals surface area contributed by atoms with Crippen molar-refractivity contribution in [3.63, 3.8) is 0 Å². The molecule has 19 heavy (non-hydrogen) atoms. The SMILES string of the molecule is O=C(O)C1CCC(C(=O)N(CCCO)C2CCC2)O1. The van der Waals surface area contributed by atoms with Gasteiger partial charge in [0.25, 0.3) is 5.91 Å². The zero-order valence-electron chi connectivity index (χ0n) is 11.0. The highest BCUT2D eigenvalue weighted by molar-refractivity contribution is 5.83. The van der Waals surface area contributed by atoms with Crippen LogP contribution in [0.2, 0.25) is 0 Å². The predicted octanol–water partition coefficient (Wildman–Crippen LogP) is 0.382. The molecular formula is C13H21NO5. The lowest BCUT2D eigenvalue weighted by molar-refractivity contribution is -0.156. The van der Waals surface area contributed by atoms with Crippen molar-refractivity contribution in [1.82, 2.24) is 4.90 Å². The molecule has 2 fully saturated rings. The summed E-state index contributed by atoms with van der Waals surface area (Å²) >= 11 is 0. The molecule has 2 aliphatic rings. The fourth-order valence-corrected chi connectivity index (χ4v) is 2.60. The van der Waals surface area contributed by atoms with Crippen LogP contribution in [0.3, 0.4) is 0 Å². The third-order valence-corrected chi connectivity index (χ3v) is 3.93. The number of hydrogen-bond donors (Lipinski definition) is 2. The van der Waals surface area contributed by atoms with Crippen LogP contribution in [0.15, 0.2) is 0 Å². The summed E-state index contributed by atoms with van der Waals surface area (Å²) in [4.78, 5) is 25.0. The van der Waals surface area contributed by atoms with Gasteiger partial charge in [-0.25, -0.2) is 4.79 Å². The van der Waals surface area contributed by atoms with Crippen molar-refractivity contribution in [2.75, 3.05) is 13.2 Å². The molecule has 1 aliphatic carbocycles. The van der Waals surface area contributed by atoms with E-state index in [0.717, 1.165) is 19.3 Å². The van der Waals surface area contributed by atoms with Crippen LogP contribution in [0, 0.1) is 0 Å². The third kappa shape index (κ3) is 3.25. The van der Waals surface area contributed by atoms with Crippen molar-refractivity contribution in [2.45, 2.75) is 56.8 Å². The number of nitrogens with zero attached hydrogens (tertiary/aromatic N) is 1. The summed E-state index contributed by atoms with van der Waals surface area (Å²) in [6, 6.07) is 0.242. The molecule has 1 saturated heterocycles. The number of aliphatic carboxylic acids is 1. The lowest BCUT2D eigenvalue weighted by Crippen LogP contribution is -2.49. The number of carbonyl (C=O) groups is 2. The first kappa shape index (κ1) is 14.3. The van der Waals surface area contributed by atoms with Gasteiger partial charge in [-0.1, -0.05) is 0 Å². The summed E-state index contributed by atoms with van der Waals surface area (Å²) in [5, 5.41) is 17.8. The fraction of sp³-hybridized carbons (Fsp3) is 0.846. The van der Waals surface area contributed by atoms with Crippen LogP contribution < -0.4 is 0 Å². The first-order valence-electron chi connectivity index (χ1n) is 6.93. The number of aliphatic hydroxyl groups is 1. The van der Waals surface area contributed by atoms with Crippen LogP contribution in [0.1, 0.15) is 38.5 Å². The minimum absolute atomic E-state index is 0.0553. The van der Waals surface area contributed by atoms with Gasteiger partial charge in [0.15, 0.2) is 6.10 Å². The number of rotatable bonds is 6. The third-order valence-electron chi connectivity index (χ3n) is 3.93. The second-order valence-corrected chi connectivity index (χ2v) is 5.22. The summed E-state index contributed by atoms with van der Waals surface area (Å²) in [5.41, 5.74) is 0. The maximum absolute atomic E-state index is 12.4. The van der Waals surface area contributed by atoms with E-state index < -0.39 is 18.2 Å². The highest BCUT2D eigenvalue weighted by Crippen LogP contribution is 2.28. The molecule has 1 amide bonds. The molecule has 0 aromatic rings. The van der Waals surface area contributed by atoms with E-state index in [1.54, 1.807) is 4.90 Å². The van der Waals surface area contributed by atoms with Crippen LogP contribution in [0.5, 0.6) is 0 Å². The smallest absolute Gasteiger partial charge is 0.332 e. The van der Waals surface area contributed by atoms with Crippen molar-refractivity contribution in [3.8, 4) is 0 Å². The average molecular weight is 271 g/mol. The van der Waals surface area contributed by atoms with Gasteiger partial charge in [-0.05, 0) is 38.5 Å². The largest absolute Gasteiger partial charge is 0.479 e. The lowest BCUT2D eigenvalue weighted by Gasteiger charge is -2.38. The van der Waals surface area contributed by atoms with E-state index in [4.69, 9.17) is 14.9 Å². The molecule has 0 radical (unpaired) electrons. The Labute approximate surface area is 112 Å². The van der Waals surface area contributed by atoms with Gasteiger partial charge in [0.2, 0.25) is 0 Å². The van der Waals surface area contributed by atoms with Gasteiger partial charge in [-0.3, -0.25) is 4.79 Å². The molecule has 6 heteroatoms. The molecule has 1 heterocycles. The van der Waals surface area contributed by atoms with Gasteiger partial charge in [-0.2, -0.15) is 0 Å². The molecule has 0 bridgehead atoms. The normalized spacial score (nSPS) is 27.0. The Morgan fingerprint density at radius 1 is 1.16 bits per heavy atom. The number of ether oxygens (including phenoxy) is 1. The van der Waals surface area contributed by atoms with E-state index in [-0.39, 0.29) is 18.6 Å². The van der Waals surface area contributed by atoms with E-state index in [1.165, 1.54) is 0 Å². The zero-order valence-corrected chi connectivity index (χ0v) is 11.0. The standard InChI is InChI=1S/C13H21NO5/c15-8-2-7-14(9-3-1-4-9)12(16)10-5-6-11(19-10)13(17)18/h9-11,15H,1-8H2,(H,17,18). The van der Waals surface area contributed by atoms with Gasteiger partial charge >= 0.3 is 5.97 Å². The molecule has 1 saturated carbocycles. The molecule has 0 spiro atoms. The summed E-state index contributed by atoms with van der Waals surface area (Å²) in [6.45, 7) is 0.581. The molecule has 108 valence electrons. The van der Waals surface area contributed by atoms with Gasteiger partial charge < -0.3 is 19.8 Å². The van der Waals surface area contributed by atoms with E-state index in [0.29, 0.717) is 25.8 Å². The second kappa shape index (κ2) is 6.34. The number of aliphatic hydroxyl groups excluding tert-OH is 1. The molecule has 2 rings (SSSR count). The first-order valence-corrected chi connectivity index (χ1v) is 6.93. The van der Waals surface area contributed by atoms with Crippen molar-refractivity contribution in [3.05, 3.63) is 0 Å². The van der Waals surface area contributed by atoms with Gasteiger partial charge in [-0.15, -0.1) is 0 Å². The minimum atomic E-state index is -0.999. The maximum atomic E-state index is 12.4. The lowest BCUT2D eigenvalue weighted by atomic mass is 9.91. The maximum Gasteiger partial charge on any atom is 0.332 e. The van der Waals surface area contributed by atoms with E-state index in [1.807, 2.05) is 0 Å². The number of hydrogen-bond acceptors (Lipinski definition) is 4. The fourth-order valence-electron chi connectivity index (χ4n) is 2.60. The Balaban J connectivity index is 1.93. The van der Waals surface area contributed by atoms with Gasteiger partial charge in [0.1, 0.15) is 6.10 Å².